The van der Waals surface area contributed by atoms with Gasteiger partial charge in [-0.2, -0.15) is 9.40 Å². The molecule has 1 aliphatic heterocycles. The Balaban J connectivity index is 2.24. The molecule has 21 heavy (non-hydrogen) atoms. The van der Waals surface area contributed by atoms with Crippen molar-refractivity contribution in [2.45, 2.75) is 37.7 Å². The van der Waals surface area contributed by atoms with E-state index in [1.807, 2.05) is 6.92 Å². The SMILES string of the molecule is CCOC1CCN(S(=O)(=O)c2c(C(=O)O)n[nH]c2C)CC1. The van der Waals surface area contributed by atoms with Crippen LogP contribution < -0.4 is 0 Å². The first-order valence-corrected chi connectivity index (χ1v) is 8.22. The van der Waals surface area contributed by atoms with Crippen LogP contribution in [0.5, 0.6) is 0 Å². The van der Waals surface area contributed by atoms with Gasteiger partial charge < -0.3 is 9.84 Å². The molecular weight excluding hydrogens is 298 g/mol. The molecule has 1 saturated heterocycles. The number of nitrogens with one attached hydrogen (secondary N) is 1. The van der Waals surface area contributed by atoms with Crippen LogP contribution >= 0.6 is 0 Å². The Bertz CT molecular complexity index is 617. The first-order valence-electron chi connectivity index (χ1n) is 6.78. The lowest BCUT2D eigenvalue weighted by molar-refractivity contribution is 0.0289. The summed E-state index contributed by atoms with van der Waals surface area (Å²) in [4.78, 5) is 10.9. The third kappa shape index (κ3) is 3.09. The normalized spacial score (nSPS) is 18.0. The van der Waals surface area contributed by atoms with Gasteiger partial charge in [-0.05, 0) is 26.7 Å². The van der Waals surface area contributed by atoms with Gasteiger partial charge in [0, 0.05) is 19.7 Å². The number of carboxylic acid groups (broad SMARTS) is 1. The molecule has 9 heteroatoms. The van der Waals surface area contributed by atoms with Crippen molar-refractivity contribution < 1.29 is 23.1 Å². The number of rotatable bonds is 5. The second kappa shape index (κ2) is 6.12. The Hall–Kier alpha value is -1.45. The molecule has 1 fully saturated rings. The molecule has 0 aromatic carbocycles. The van der Waals surface area contributed by atoms with Gasteiger partial charge in [0.15, 0.2) is 5.69 Å². The van der Waals surface area contributed by atoms with E-state index in [9.17, 15) is 13.2 Å². The molecule has 0 saturated carbocycles. The zero-order valence-electron chi connectivity index (χ0n) is 12.0. The summed E-state index contributed by atoms with van der Waals surface area (Å²) in [5.41, 5.74) is -0.223. The Morgan fingerprint density at radius 2 is 2.10 bits per heavy atom. The standard InChI is InChI=1S/C12H19N3O5S/c1-3-20-9-4-6-15(7-5-9)21(18,19)11-8(2)13-14-10(11)12(16)17/h9H,3-7H2,1-2H3,(H,13,14)(H,16,17). The van der Waals surface area contributed by atoms with Gasteiger partial charge in [0.05, 0.1) is 11.8 Å². The van der Waals surface area contributed by atoms with E-state index >= 15 is 0 Å². The Kier molecular flexibility index (Phi) is 4.64. The second-order valence-corrected chi connectivity index (χ2v) is 6.77. The molecule has 118 valence electrons. The highest BCUT2D eigenvalue weighted by atomic mass is 32.2. The fourth-order valence-electron chi connectivity index (χ4n) is 2.48. The molecular formula is C12H19N3O5S. The van der Waals surface area contributed by atoms with E-state index in [4.69, 9.17) is 9.84 Å². The lowest BCUT2D eigenvalue weighted by Gasteiger charge is -2.30. The zero-order chi connectivity index (χ0) is 15.6. The molecule has 0 unspecified atom stereocenters. The minimum Gasteiger partial charge on any atom is -0.476 e. The van der Waals surface area contributed by atoms with E-state index in [0.29, 0.717) is 32.5 Å². The third-order valence-electron chi connectivity index (χ3n) is 3.49. The summed E-state index contributed by atoms with van der Waals surface area (Å²) < 4.78 is 32.0. The van der Waals surface area contributed by atoms with Gasteiger partial charge in [-0.3, -0.25) is 5.10 Å². The highest BCUT2D eigenvalue weighted by molar-refractivity contribution is 7.89. The van der Waals surface area contributed by atoms with E-state index in [1.165, 1.54) is 11.2 Å². The van der Waals surface area contributed by atoms with E-state index in [2.05, 4.69) is 10.2 Å². The monoisotopic (exact) mass is 317 g/mol. The van der Waals surface area contributed by atoms with Crippen LogP contribution in [0.1, 0.15) is 35.9 Å². The van der Waals surface area contributed by atoms with Crippen molar-refractivity contribution in [3.05, 3.63) is 11.4 Å². The number of carbonyl (C=O) groups is 1. The average Bonchev–Trinajstić information content (AvgIpc) is 2.82. The Morgan fingerprint density at radius 3 is 2.62 bits per heavy atom. The molecule has 2 N–H and O–H groups in total. The molecule has 0 atom stereocenters. The number of hydrogen-bond acceptors (Lipinski definition) is 5. The molecule has 1 aromatic rings. The maximum absolute atomic E-state index is 12.6. The van der Waals surface area contributed by atoms with Crippen molar-refractivity contribution in [2.24, 2.45) is 0 Å². The predicted octanol–water partition coefficient (Wildman–Crippen LogP) is 0.606. The number of aromatic amines is 1. The number of piperidine rings is 1. The summed E-state index contributed by atoms with van der Waals surface area (Å²) >= 11 is 0. The van der Waals surface area contributed by atoms with Crippen molar-refractivity contribution in [1.29, 1.82) is 0 Å². The lowest BCUT2D eigenvalue weighted by Crippen LogP contribution is -2.41. The summed E-state index contributed by atoms with van der Waals surface area (Å²) in [6.07, 6.45) is 1.27. The van der Waals surface area contributed by atoms with Crippen LogP contribution in [0.15, 0.2) is 4.90 Å². The summed E-state index contributed by atoms with van der Waals surface area (Å²) in [6.45, 7) is 4.63. The summed E-state index contributed by atoms with van der Waals surface area (Å²) in [5, 5.41) is 15.1. The van der Waals surface area contributed by atoms with Gasteiger partial charge in [-0.25, -0.2) is 13.2 Å². The number of carboxylic acids is 1. The first kappa shape index (κ1) is 15.9. The number of ether oxygens (including phenoxy) is 1. The number of hydrogen-bond donors (Lipinski definition) is 2. The van der Waals surface area contributed by atoms with Gasteiger partial charge >= 0.3 is 5.97 Å². The van der Waals surface area contributed by atoms with Crippen molar-refractivity contribution in [3.8, 4) is 0 Å². The lowest BCUT2D eigenvalue weighted by atomic mass is 10.1. The molecule has 0 amide bonds. The van der Waals surface area contributed by atoms with Crippen LogP contribution in [0.25, 0.3) is 0 Å². The molecule has 1 aliphatic rings. The second-order valence-electron chi connectivity index (χ2n) is 4.89. The van der Waals surface area contributed by atoms with Crippen LogP contribution in [0.2, 0.25) is 0 Å². The van der Waals surface area contributed by atoms with Crippen LogP contribution in [0.3, 0.4) is 0 Å². The van der Waals surface area contributed by atoms with Gasteiger partial charge in [0.1, 0.15) is 4.90 Å². The quantitative estimate of drug-likeness (QED) is 0.822. The molecule has 0 spiro atoms. The van der Waals surface area contributed by atoms with Crippen LogP contribution in [0, 0.1) is 6.92 Å². The largest absolute Gasteiger partial charge is 0.476 e. The highest BCUT2D eigenvalue weighted by Gasteiger charge is 2.35. The predicted molar refractivity (Wildman–Crippen MR) is 73.7 cm³/mol. The molecule has 2 heterocycles. The maximum Gasteiger partial charge on any atom is 0.357 e. The smallest absolute Gasteiger partial charge is 0.357 e. The molecule has 1 aromatic heterocycles. The van der Waals surface area contributed by atoms with Gasteiger partial charge in [0.2, 0.25) is 10.0 Å². The molecule has 0 bridgehead atoms. The number of aromatic carboxylic acids is 1. The molecule has 0 aliphatic carbocycles. The Morgan fingerprint density at radius 1 is 1.48 bits per heavy atom. The number of aromatic nitrogens is 2. The van der Waals surface area contributed by atoms with E-state index < -0.39 is 21.7 Å². The van der Waals surface area contributed by atoms with Crippen molar-refractivity contribution in [2.75, 3.05) is 19.7 Å². The zero-order valence-corrected chi connectivity index (χ0v) is 12.8. The average molecular weight is 317 g/mol. The fourth-order valence-corrected chi connectivity index (χ4v) is 4.24. The molecule has 8 nitrogen and oxygen atoms in total. The van der Waals surface area contributed by atoms with E-state index in [0.717, 1.165) is 0 Å². The fraction of sp³-hybridized carbons (Fsp3) is 0.667. The molecule has 0 radical (unpaired) electrons. The van der Waals surface area contributed by atoms with Crippen LogP contribution in [0.4, 0.5) is 0 Å². The third-order valence-corrected chi connectivity index (χ3v) is 5.56. The summed E-state index contributed by atoms with van der Waals surface area (Å²) in [5.74, 6) is -1.36. The van der Waals surface area contributed by atoms with Crippen molar-refractivity contribution >= 4 is 16.0 Å². The van der Waals surface area contributed by atoms with Crippen LogP contribution in [-0.4, -0.2) is 59.8 Å². The van der Waals surface area contributed by atoms with E-state index in [1.54, 1.807) is 0 Å². The van der Waals surface area contributed by atoms with Gasteiger partial charge in [-0.15, -0.1) is 0 Å². The van der Waals surface area contributed by atoms with Crippen molar-refractivity contribution in [1.82, 2.24) is 14.5 Å². The highest BCUT2D eigenvalue weighted by Crippen LogP contribution is 2.25. The number of sulfonamides is 1. The minimum atomic E-state index is -3.86. The van der Waals surface area contributed by atoms with E-state index in [-0.39, 0.29) is 16.7 Å². The summed E-state index contributed by atoms with van der Waals surface area (Å²) in [6, 6.07) is 0. The maximum atomic E-state index is 12.6. The summed E-state index contributed by atoms with van der Waals surface area (Å²) in [7, 11) is -3.86. The number of nitrogens with zero attached hydrogens (tertiary/aromatic N) is 2. The molecule has 2 rings (SSSR count). The minimum absolute atomic E-state index is 0.0610. The number of H-pyrrole nitrogens is 1. The van der Waals surface area contributed by atoms with Gasteiger partial charge in [0.25, 0.3) is 0 Å². The van der Waals surface area contributed by atoms with Crippen molar-refractivity contribution in [3.63, 3.8) is 0 Å². The Labute approximate surface area is 123 Å². The van der Waals surface area contributed by atoms with Gasteiger partial charge in [-0.1, -0.05) is 0 Å². The number of aryl methyl sites for hydroxylation is 1. The first-order chi connectivity index (χ1) is 9.87. The topological polar surface area (TPSA) is 113 Å². The van der Waals surface area contributed by atoms with Crippen LogP contribution in [-0.2, 0) is 14.8 Å².